The van der Waals surface area contributed by atoms with Gasteiger partial charge in [0.2, 0.25) is 0 Å². The van der Waals surface area contributed by atoms with Crippen LogP contribution in [0.5, 0.6) is 0 Å². The largest absolute Gasteiger partial charge is 0.461 e. The molecule has 1 atom stereocenters. The van der Waals surface area contributed by atoms with E-state index in [2.05, 4.69) is 18.3 Å². The lowest BCUT2D eigenvalue weighted by atomic mass is 10.0. The lowest BCUT2D eigenvalue weighted by Crippen LogP contribution is -2.37. The summed E-state index contributed by atoms with van der Waals surface area (Å²) in [6.07, 6.45) is 1.80. The third-order valence-electron chi connectivity index (χ3n) is 3.50. The molecule has 3 heteroatoms. The van der Waals surface area contributed by atoms with Crippen LogP contribution < -0.4 is 5.32 Å². The van der Waals surface area contributed by atoms with E-state index in [0.717, 1.165) is 36.1 Å². The Morgan fingerprint density at radius 3 is 2.79 bits per heavy atom. The number of rotatable bonds is 6. The zero-order valence-corrected chi connectivity index (χ0v) is 12.0. The van der Waals surface area contributed by atoms with Crippen LogP contribution in [0.15, 0.2) is 28.7 Å². The highest BCUT2D eigenvalue weighted by Crippen LogP contribution is 2.25. The number of nitrogens with one attached hydrogen (secondary N) is 1. The second kappa shape index (κ2) is 5.76. The van der Waals surface area contributed by atoms with E-state index in [1.807, 2.05) is 32.0 Å². The Morgan fingerprint density at radius 2 is 2.05 bits per heavy atom. The second-order valence-electron chi connectivity index (χ2n) is 5.48. The summed E-state index contributed by atoms with van der Waals surface area (Å²) in [5.74, 6) is 0.948. The Bertz CT molecular complexity index is 543. The topological polar surface area (TPSA) is 45.4 Å². The Morgan fingerprint density at radius 1 is 1.32 bits per heavy atom. The van der Waals surface area contributed by atoms with Crippen LogP contribution in [0, 0.1) is 6.92 Å². The van der Waals surface area contributed by atoms with Crippen molar-refractivity contribution in [3.8, 4) is 0 Å². The summed E-state index contributed by atoms with van der Waals surface area (Å²) in [5, 5.41) is 14.6. The van der Waals surface area contributed by atoms with Crippen molar-refractivity contribution in [2.45, 2.75) is 45.8 Å². The van der Waals surface area contributed by atoms with Gasteiger partial charge >= 0.3 is 0 Å². The molecule has 0 aliphatic rings. The molecule has 0 radical (unpaired) electrons. The van der Waals surface area contributed by atoms with Gasteiger partial charge in [-0.05, 0) is 26.3 Å². The third kappa shape index (κ3) is 3.37. The van der Waals surface area contributed by atoms with Gasteiger partial charge in [-0.3, -0.25) is 0 Å². The van der Waals surface area contributed by atoms with Crippen LogP contribution in [0.4, 0.5) is 0 Å². The molecule has 1 heterocycles. The summed E-state index contributed by atoms with van der Waals surface area (Å²) in [6.45, 7) is 7.27. The van der Waals surface area contributed by atoms with E-state index in [-0.39, 0.29) is 0 Å². The van der Waals surface area contributed by atoms with Crippen molar-refractivity contribution in [3.63, 3.8) is 0 Å². The van der Waals surface area contributed by atoms with Crippen LogP contribution in [0.2, 0.25) is 0 Å². The summed E-state index contributed by atoms with van der Waals surface area (Å²) in [6, 6.07) is 8.06. The number of furan rings is 1. The zero-order chi connectivity index (χ0) is 13.9. The molecule has 0 saturated carbocycles. The lowest BCUT2D eigenvalue weighted by Gasteiger charge is -2.23. The molecule has 3 nitrogen and oxygen atoms in total. The van der Waals surface area contributed by atoms with Crippen molar-refractivity contribution in [1.29, 1.82) is 0 Å². The van der Waals surface area contributed by atoms with Crippen LogP contribution in [0.25, 0.3) is 11.0 Å². The second-order valence-corrected chi connectivity index (χ2v) is 5.48. The van der Waals surface area contributed by atoms with Crippen molar-refractivity contribution in [3.05, 3.63) is 35.6 Å². The fraction of sp³-hybridized carbons (Fsp3) is 0.500. The van der Waals surface area contributed by atoms with E-state index in [9.17, 15) is 5.11 Å². The van der Waals surface area contributed by atoms with Gasteiger partial charge in [0.15, 0.2) is 0 Å². The zero-order valence-electron chi connectivity index (χ0n) is 12.0. The first-order valence-electron chi connectivity index (χ1n) is 6.93. The van der Waals surface area contributed by atoms with Crippen LogP contribution >= 0.6 is 0 Å². The van der Waals surface area contributed by atoms with Crippen LogP contribution in [-0.4, -0.2) is 17.3 Å². The standard InChI is InChI=1S/C16H23NO2/c1-4-9-16(3,18)11-17-10-14-12(2)19-15-8-6-5-7-13(14)15/h5-8,17-18H,4,9-11H2,1-3H3. The SMILES string of the molecule is CCCC(C)(O)CNCc1c(C)oc2ccccc12. The summed E-state index contributed by atoms with van der Waals surface area (Å²) < 4.78 is 5.73. The van der Waals surface area contributed by atoms with E-state index < -0.39 is 5.60 Å². The van der Waals surface area contributed by atoms with Crippen molar-refractivity contribution >= 4 is 11.0 Å². The molecule has 0 fully saturated rings. The van der Waals surface area contributed by atoms with Gasteiger partial charge in [-0.25, -0.2) is 0 Å². The van der Waals surface area contributed by atoms with Gasteiger partial charge in [-0.15, -0.1) is 0 Å². The van der Waals surface area contributed by atoms with E-state index in [4.69, 9.17) is 4.42 Å². The van der Waals surface area contributed by atoms with Crippen molar-refractivity contribution in [2.75, 3.05) is 6.54 Å². The number of fused-ring (bicyclic) bond motifs is 1. The number of hydrogen-bond acceptors (Lipinski definition) is 3. The number of hydrogen-bond donors (Lipinski definition) is 2. The molecule has 1 aromatic heterocycles. The molecule has 104 valence electrons. The molecule has 2 rings (SSSR count). The van der Waals surface area contributed by atoms with Crippen LogP contribution in [0.1, 0.15) is 38.0 Å². The average molecular weight is 261 g/mol. The van der Waals surface area contributed by atoms with Crippen molar-refractivity contribution in [2.24, 2.45) is 0 Å². The highest BCUT2D eigenvalue weighted by Gasteiger charge is 2.19. The normalized spacial score (nSPS) is 14.7. The van der Waals surface area contributed by atoms with Crippen LogP contribution in [-0.2, 0) is 6.54 Å². The minimum atomic E-state index is -0.637. The first-order chi connectivity index (χ1) is 9.03. The quantitative estimate of drug-likeness (QED) is 0.838. The minimum absolute atomic E-state index is 0.597. The van der Waals surface area contributed by atoms with E-state index >= 15 is 0 Å². The fourth-order valence-electron chi connectivity index (χ4n) is 2.52. The van der Waals surface area contributed by atoms with Gasteiger partial charge in [0, 0.05) is 24.0 Å². The summed E-state index contributed by atoms with van der Waals surface area (Å²) >= 11 is 0. The molecule has 0 aliphatic carbocycles. The molecular formula is C16H23NO2. The summed E-state index contributed by atoms with van der Waals surface area (Å²) in [5.41, 5.74) is 1.47. The summed E-state index contributed by atoms with van der Waals surface area (Å²) in [7, 11) is 0. The predicted octanol–water partition coefficient (Wildman–Crippen LogP) is 3.38. The van der Waals surface area contributed by atoms with Gasteiger partial charge in [0.05, 0.1) is 5.60 Å². The number of aryl methyl sites for hydroxylation is 1. The Balaban J connectivity index is 2.04. The fourth-order valence-corrected chi connectivity index (χ4v) is 2.52. The van der Waals surface area contributed by atoms with Crippen molar-refractivity contribution < 1.29 is 9.52 Å². The molecule has 1 unspecified atom stereocenters. The van der Waals surface area contributed by atoms with E-state index in [1.54, 1.807) is 0 Å². The molecular weight excluding hydrogens is 238 g/mol. The Hall–Kier alpha value is -1.32. The smallest absolute Gasteiger partial charge is 0.134 e. The molecule has 0 spiro atoms. The Kier molecular flexibility index (Phi) is 4.27. The maximum Gasteiger partial charge on any atom is 0.134 e. The average Bonchev–Trinajstić information content (AvgIpc) is 2.66. The third-order valence-corrected chi connectivity index (χ3v) is 3.50. The lowest BCUT2D eigenvalue weighted by molar-refractivity contribution is 0.0498. The van der Waals surface area contributed by atoms with E-state index in [0.29, 0.717) is 6.54 Å². The maximum absolute atomic E-state index is 10.1. The van der Waals surface area contributed by atoms with Gasteiger partial charge in [-0.1, -0.05) is 31.5 Å². The van der Waals surface area contributed by atoms with Gasteiger partial charge in [0.1, 0.15) is 11.3 Å². The molecule has 0 aliphatic heterocycles. The van der Waals surface area contributed by atoms with Crippen LogP contribution in [0.3, 0.4) is 0 Å². The summed E-state index contributed by atoms with van der Waals surface area (Å²) in [4.78, 5) is 0. The number of para-hydroxylation sites is 1. The molecule has 0 saturated heterocycles. The maximum atomic E-state index is 10.1. The number of aliphatic hydroxyl groups is 1. The predicted molar refractivity (Wildman–Crippen MR) is 78.2 cm³/mol. The highest BCUT2D eigenvalue weighted by molar-refractivity contribution is 5.82. The molecule has 19 heavy (non-hydrogen) atoms. The molecule has 0 bridgehead atoms. The Labute approximate surface area is 114 Å². The van der Waals surface area contributed by atoms with Gasteiger partial charge in [-0.2, -0.15) is 0 Å². The van der Waals surface area contributed by atoms with E-state index in [1.165, 1.54) is 5.56 Å². The molecule has 0 amide bonds. The molecule has 2 aromatic rings. The van der Waals surface area contributed by atoms with Crippen molar-refractivity contribution in [1.82, 2.24) is 5.32 Å². The molecule has 2 N–H and O–H groups in total. The first kappa shape index (κ1) is 14.1. The monoisotopic (exact) mass is 261 g/mol. The number of benzene rings is 1. The highest BCUT2D eigenvalue weighted by atomic mass is 16.3. The van der Waals surface area contributed by atoms with Gasteiger partial charge < -0.3 is 14.8 Å². The van der Waals surface area contributed by atoms with Gasteiger partial charge in [0.25, 0.3) is 0 Å². The molecule has 1 aromatic carbocycles. The first-order valence-corrected chi connectivity index (χ1v) is 6.93. The minimum Gasteiger partial charge on any atom is -0.461 e.